The second-order valence-electron chi connectivity index (χ2n) is 4.13. The molecule has 1 atom stereocenters. The monoisotopic (exact) mass is 249 g/mol. The van der Waals surface area contributed by atoms with Gasteiger partial charge in [-0.15, -0.1) is 11.3 Å². The van der Waals surface area contributed by atoms with Crippen LogP contribution >= 0.6 is 11.3 Å². The van der Waals surface area contributed by atoms with E-state index in [-0.39, 0.29) is 11.9 Å². The summed E-state index contributed by atoms with van der Waals surface area (Å²) >= 11 is 1.78. The van der Waals surface area contributed by atoms with Crippen LogP contribution in [0.2, 0.25) is 0 Å². The molecule has 17 heavy (non-hydrogen) atoms. The van der Waals surface area contributed by atoms with E-state index in [1.165, 1.54) is 17.0 Å². The van der Waals surface area contributed by atoms with E-state index in [9.17, 15) is 4.39 Å². The lowest BCUT2D eigenvalue weighted by atomic mass is 10.0. The predicted octanol–water partition coefficient (Wildman–Crippen LogP) is 3.91. The van der Waals surface area contributed by atoms with Crippen molar-refractivity contribution in [3.63, 3.8) is 0 Å². The molecule has 1 nitrogen and oxygen atoms in total. The van der Waals surface area contributed by atoms with Crippen LogP contribution in [0.3, 0.4) is 0 Å². The van der Waals surface area contributed by atoms with Gasteiger partial charge in [-0.25, -0.2) is 4.39 Å². The predicted molar refractivity (Wildman–Crippen MR) is 70.6 cm³/mol. The number of nitrogens with two attached hydrogens (primary N) is 1. The summed E-state index contributed by atoms with van der Waals surface area (Å²) in [5.74, 6) is -0.209. The summed E-state index contributed by atoms with van der Waals surface area (Å²) < 4.78 is 12.7. The zero-order chi connectivity index (χ0) is 12.1. The number of thiophene rings is 1. The van der Waals surface area contributed by atoms with E-state index in [0.717, 1.165) is 24.8 Å². The van der Waals surface area contributed by atoms with Gasteiger partial charge in [0, 0.05) is 10.9 Å². The SMILES string of the molecule is NC(CCCc1cccs1)c1ccc(F)cc1. The highest BCUT2D eigenvalue weighted by molar-refractivity contribution is 7.09. The van der Waals surface area contributed by atoms with E-state index in [1.807, 2.05) is 0 Å². The Hall–Kier alpha value is -1.19. The number of aryl methyl sites for hydroxylation is 1. The Kier molecular flexibility index (Phi) is 4.29. The average Bonchev–Trinajstić information content (AvgIpc) is 2.83. The molecule has 0 saturated heterocycles. The second-order valence-corrected chi connectivity index (χ2v) is 5.16. The molecule has 2 aromatic rings. The minimum absolute atomic E-state index is 0.00978. The van der Waals surface area contributed by atoms with Gasteiger partial charge in [-0.05, 0) is 48.4 Å². The van der Waals surface area contributed by atoms with Crippen molar-refractivity contribution in [2.45, 2.75) is 25.3 Å². The van der Waals surface area contributed by atoms with Crippen LogP contribution in [0.4, 0.5) is 4.39 Å². The molecule has 0 saturated carbocycles. The van der Waals surface area contributed by atoms with Gasteiger partial charge in [-0.2, -0.15) is 0 Å². The lowest BCUT2D eigenvalue weighted by Crippen LogP contribution is -2.10. The first-order valence-corrected chi connectivity index (χ1v) is 6.67. The first-order valence-electron chi connectivity index (χ1n) is 5.79. The van der Waals surface area contributed by atoms with Crippen molar-refractivity contribution in [3.8, 4) is 0 Å². The summed E-state index contributed by atoms with van der Waals surface area (Å²) in [4.78, 5) is 1.40. The maximum atomic E-state index is 12.7. The minimum Gasteiger partial charge on any atom is -0.324 e. The summed E-state index contributed by atoms with van der Waals surface area (Å²) in [5, 5.41) is 2.09. The number of halogens is 1. The highest BCUT2D eigenvalue weighted by Crippen LogP contribution is 2.19. The van der Waals surface area contributed by atoms with Gasteiger partial charge in [0.05, 0.1) is 0 Å². The van der Waals surface area contributed by atoms with Crippen molar-refractivity contribution in [3.05, 3.63) is 58.0 Å². The molecule has 0 bridgehead atoms. The van der Waals surface area contributed by atoms with Gasteiger partial charge in [0.15, 0.2) is 0 Å². The van der Waals surface area contributed by atoms with Crippen LogP contribution in [-0.4, -0.2) is 0 Å². The smallest absolute Gasteiger partial charge is 0.123 e. The van der Waals surface area contributed by atoms with E-state index < -0.39 is 0 Å². The molecule has 0 aliphatic heterocycles. The molecule has 2 rings (SSSR count). The maximum absolute atomic E-state index is 12.7. The summed E-state index contributed by atoms with van der Waals surface area (Å²) in [6, 6.07) is 10.7. The van der Waals surface area contributed by atoms with Crippen LogP contribution in [0, 0.1) is 5.82 Å². The molecular weight excluding hydrogens is 233 g/mol. The van der Waals surface area contributed by atoms with Gasteiger partial charge in [0.2, 0.25) is 0 Å². The van der Waals surface area contributed by atoms with E-state index in [4.69, 9.17) is 5.73 Å². The van der Waals surface area contributed by atoms with Crippen molar-refractivity contribution in [1.29, 1.82) is 0 Å². The Morgan fingerprint density at radius 3 is 2.59 bits per heavy atom. The maximum Gasteiger partial charge on any atom is 0.123 e. The molecule has 0 aliphatic rings. The molecule has 0 radical (unpaired) electrons. The third-order valence-corrected chi connectivity index (χ3v) is 3.75. The second kappa shape index (κ2) is 5.94. The van der Waals surface area contributed by atoms with Crippen LogP contribution in [0.15, 0.2) is 41.8 Å². The van der Waals surface area contributed by atoms with Crippen molar-refractivity contribution >= 4 is 11.3 Å². The molecule has 3 heteroatoms. The normalized spacial score (nSPS) is 12.6. The molecule has 2 N–H and O–H groups in total. The zero-order valence-electron chi connectivity index (χ0n) is 9.60. The molecular formula is C14H16FNS. The number of rotatable bonds is 5. The van der Waals surface area contributed by atoms with Gasteiger partial charge in [-0.1, -0.05) is 18.2 Å². The third-order valence-electron chi connectivity index (χ3n) is 2.82. The highest BCUT2D eigenvalue weighted by Gasteiger charge is 2.06. The van der Waals surface area contributed by atoms with Crippen LogP contribution < -0.4 is 5.73 Å². The fourth-order valence-corrected chi connectivity index (χ4v) is 2.58. The first kappa shape index (κ1) is 12.3. The fraction of sp³-hybridized carbons (Fsp3) is 0.286. The Bertz CT molecular complexity index is 436. The number of hydrogen-bond acceptors (Lipinski definition) is 2. The third kappa shape index (κ3) is 3.65. The molecule has 0 fully saturated rings. The van der Waals surface area contributed by atoms with Gasteiger partial charge in [0.1, 0.15) is 5.82 Å². The van der Waals surface area contributed by atoms with Crippen molar-refractivity contribution < 1.29 is 4.39 Å². The molecule has 1 heterocycles. The molecule has 1 unspecified atom stereocenters. The fourth-order valence-electron chi connectivity index (χ4n) is 1.83. The zero-order valence-corrected chi connectivity index (χ0v) is 10.4. The van der Waals surface area contributed by atoms with Crippen LogP contribution in [-0.2, 0) is 6.42 Å². The highest BCUT2D eigenvalue weighted by atomic mass is 32.1. The molecule has 90 valence electrons. The number of hydrogen-bond donors (Lipinski definition) is 1. The largest absolute Gasteiger partial charge is 0.324 e. The van der Waals surface area contributed by atoms with E-state index in [1.54, 1.807) is 23.5 Å². The van der Waals surface area contributed by atoms with Crippen molar-refractivity contribution in [2.24, 2.45) is 5.73 Å². The summed E-state index contributed by atoms with van der Waals surface area (Å²) in [6.45, 7) is 0. The minimum atomic E-state index is -0.209. The van der Waals surface area contributed by atoms with Crippen LogP contribution in [0.25, 0.3) is 0 Å². The average molecular weight is 249 g/mol. The molecule has 0 amide bonds. The lowest BCUT2D eigenvalue weighted by Gasteiger charge is -2.11. The number of benzene rings is 1. The molecule has 1 aromatic heterocycles. The van der Waals surface area contributed by atoms with Gasteiger partial charge in [0.25, 0.3) is 0 Å². The quantitative estimate of drug-likeness (QED) is 0.854. The summed E-state index contributed by atoms with van der Waals surface area (Å²) in [5.41, 5.74) is 7.08. The van der Waals surface area contributed by atoms with E-state index in [0.29, 0.717) is 0 Å². The Balaban J connectivity index is 1.81. The Morgan fingerprint density at radius 2 is 1.94 bits per heavy atom. The van der Waals surface area contributed by atoms with Gasteiger partial charge < -0.3 is 5.73 Å². The Morgan fingerprint density at radius 1 is 1.18 bits per heavy atom. The molecule has 1 aromatic carbocycles. The van der Waals surface area contributed by atoms with E-state index in [2.05, 4.69) is 17.5 Å². The lowest BCUT2D eigenvalue weighted by molar-refractivity contribution is 0.604. The van der Waals surface area contributed by atoms with Gasteiger partial charge >= 0.3 is 0 Å². The molecule has 0 aliphatic carbocycles. The van der Waals surface area contributed by atoms with Crippen LogP contribution in [0.1, 0.15) is 29.3 Å². The Labute approximate surface area is 105 Å². The topological polar surface area (TPSA) is 26.0 Å². The van der Waals surface area contributed by atoms with Crippen molar-refractivity contribution in [2.75, 3.05) is 0 Å². The summed E-state index contributed by atoms with van der Waals surface area (Å²) in [7, 11) is 0. The molecule has 0 spiro atoms. The first-order chi connectivity index (χ1) is 8.25. The van der Waals surface area contributed by atoms with E-state index >= 15 is 0 Å². The van der Waals surface area contributed by atoms with Crippen LogP contribution in [0.5, 0.6) is 0 Å². The van der Waals surface area contributed by atoms with Gasteiger partial charge in [-0.3, -0.25) is 0 Å². The summed E-state index contributed by atoms with van der Waals surface area (Å²) in [6.07, 6.45) is 3.08. The van der Waals surface area contributed by atoms with Crippen molar-refractivity contribution in [1.82, 2.24) is 0 Å². The standard InChI is InChI=1S/C14H16FNS/c15-12-8-6-11(7-9-12)14(16)5-1-3-13-4-2-10-17-13/h2,4,6-10,14H,1,3,5,16H2.